The summed E-state index contributed by atoms with van der Waals surface area (Å²) in [6.07, 6.45) is 0.572. The molecule has 9 heteroatoms. The van der Waals surface area contributed by atoms with Crippen LogP contribution in [0, 0.1) is 11.6 Å². The average Bonchev–Trinajstić information content (AvgIpc) is 3.25. The molecule has 0 bridgehead atoms. The monoisotopic (exact) mass is 464 g/mol. The predicted molar refractivity (Wildman–Crippen MR) is 117 cm³/mol. The van der Waals surface area contributed by atoms with E-state index in [4.69, 9.17) is 4.74 Å². The maximum atomic E-state index is 14.0. The van der Waals surface area contributed by atoms with Gasteiger partial charge in [0, 0.05) is 24.0 Å². The first-order valence-electron chi connectivity index (χ1n) is 10.0. The van der Waals surface area contributed by atoms with E-state index in [2.05, 4.69) is 4.98 Å². The van der Waals surface area contributed by atoms with Gasteiger partial charge in [-0.25, -0.2) is 22.2 Å². The number of piperidine rings is 1. The van der Waals surface area contributed by atoms with Crippen LogP contribution < -0.4 is 9.64 Å². The van der Waals surface area contributed by atoms with Gasteiger partial charge in [-0.15, -0.1) is 11.3 Å². The Morgan fingerprint density at radius 2 is 1.74 bits per heavy atom. The molecular formula is C22H22F2N2O3S2. The second-order valence-electron chi connectivity index (χ2n) is 7.25. The van der Waals surface area contributed by atoms with E-state index in [1.165, 1.54) is 11.3 Å². The fourth-order valence-electron chi connectivity index (χ4n) is 3.71. The van der Waals surface area contributed by atoms with Crippen molar-refractivity contribution in [2.45, 2.75) is 29.9 Å². The van der Waals surface area contributed by atoms with Crippen molar-refractivity contribution in [3.63, 3.8) is 0 Å². The standard InChI is InChI=1S/C22H22F2N2O3S2/c1-2-29-16-8-6-15(7-9-16)20-14-30-22(25-20)26-12-10-17(11-13-26)31(27,28)21-18(23)4-3-5-19(21)24/h3-9,14,17H,2,10-13H2,1H3. The van der Waals surface area contributed by atoms with Gasteiger partial charge in [-0.05, 0) is 56.2 Å². The first-order chi connectivity index (χ1) is 14.9. The Balaban J connectivity index is 1.45. The van der Waals surface area contributed by atoms with Crippen LogP contribution in [0.2, 0.25) is 0 Å². The SMILES string of the molecule is CCOc1ccc(-c2csc(N3CCC(S(=O)(=O)c4c(F)cccc4F)CC3)n2)cc1. The molecule has 0 N–H and O–H groups in total. The Bertz CT molecular complexity index is 1140. The first-order valence-corrected chi connectivity index (χ1v) is 12.4. The van der Waals surface area contributed by atoms with Crippen molar-refractivity contribution in [2.75, 3.05) is 24.6 Å². The van der Waals surface area contributed by atoms with Crippen molar-refractivity contribution in [1.29, 1.82) is 0 Å². The van der Waals surface area contributed by atoms with Crippen molar-refractivity contribution in [2.24, 2.45) is 0 Å². The fourth-order valence-corrected chi connectivity index (χ4v) is 6.44. The number of hydrogen-bond acceptors (Lipinski definition) is 6. The highest BCUT2D eigenvalue weighted by Crippen LogP contribution is 2.33. The molecule has 0 saturated carbocycles. The van der Waals surface area contributed by atoms with E-state index < -0.39 is 31.6 Å². The van der Waals surface area contributed by atoms with Crippen LogP contribution in [0.25, 0.3) is 11.3 Å². The van der Waals surface area contributed by atoms with Crippen LogP contribution in [-0.4, -0.2) is 38.3 Å². The number of sulfone groups is 1. The van der Waals surface area contributed by atoms with Crippen LogP contribution >= 0.6 is 11.3 Å². The number of anilines is 1. The number of halogens is 2. The minimum absolute atomic E-state index is 0.286. The molecule has 1 saturated heterocycles. The molecular weight excluding hydrogens is 442 g/mol. The molecule has 4 rings (SSSR count). The number of thiazole rings is 1. The van der Waals surface area contributed by atoms with Gasteiger partial charge in [-0.2, -0.15) is 0 Å². The summed E-state index contributed by atoms with van der Waals surface area (Å²) in [6.45, 7) is 3.45. The molecule has 0 atom stereocenters. The normalized spacial score (nSPS) is 15.3. The molecule has 2 aromatic carbocycles. The Morgan fingerprint density at radius 3 is 2.35 bits per heavy atom. The molecule has 3 aromatic rings. The molecule has 0 radical (unpaired) electrons. The summed E-state index contributed by atoms with van der Waals surface area (Å²) in [5.41, 5.74) is 1.81. The Kier molecular flexibility index (Phi) is 6.24. The lowest BCUT2D eigenvalue weighted by Crippen LogP contribution is -2.39. The molecule has 1 aliphatic heterocycles. The van der Waals surface area contributed by atoms with E-state index >= 15 is 0 Å². The molecule has 0 spiro atoms. The molecule has 5 nitrogen and oxygen atoms in total. The van der Waals surface area contributed by atoms with Gasteiger partial charge in [-0.1, -0.05) is 6.07 Å². The second kappa shape index (κ2) is 8.92. The highest BCUT2D eigenvalue weighted by Gasteiger charge is 2.35. The lowest BCUT2D eigenvalue weighted by Gasteiger charge is -2.31. The number of ether oxygens (including phenoxy) is 1. The zero-order valence-electron chi connectivity index (χ0n) is 16.9. The maximum absolute atomic E-state index is 14.0. The Labute approximate surface area is 184 Å². The quantitative estimate of drug-likeness (QED) is 0.518. The zero-order valence-corrected chi connectivity index (χ0v) is 18.6. The third kappa shape index (κ3) is 4.43. The van der Waals surface area contributed by atoms with Gasteiger partial charge in [0.25, 0.3) is 0 Å². The molecule has 2 heterocycles. The van der Waals surface area contributed by atoms with E-state index in [-0.39, 0.29) is 12.8 Å². The number of hydrogen-bond donors (Lipinski definition) is 0. The van der Waals surface area contributed by atoms with Gasteiger partial charge >= 0.3 is 0 Å². The molecule has 0 amide bonds. The summed E-state index contributed by atoms with van der Waals surface area (Å²) < 4.78 is 59.1. The summed E-state index contributed by atoms with van der Waals surface area (Å²) in [4.78, 5) is 5.89. The predicted octanol–water partition coefficient (Wildman–Crippen LogP) is 4.93. The van der Waals surface area contributed by atoms with Crippen LogP contribution in [0.4, 0.5) is 13.9 Å². The molecule has 1 aliphatic rings. The topological polar surface area (TPSA) is 59.5 Å². The van der Waals surface area contributed by atoms with Crippen molar-refractivity contribution in [3.8, 4) is 17.0 Å². The summed E-state index contributed by atoms with van der Waals surface area (Å²) >= 11 is 1.49. The number of benzene rings is 2. The first kappa shape index (κ1) is 21.7. The highest BCUT2D eigenvalue weighted by molar-refractivity contribution is 7.92. The van der Waals surface area contributed by atoms with E-state index in [0.29, 0.717) is 19.7 Å². The van der Waals surface area contributed by atoms with Gasteiger partial charge in [-0.3, -0.25) is 0 Å². The molecule has 1 aromatic heterocycles. The molecule has 164 valence electrons. The highest BCUT2D eigenvalue weighted by atomic mass is 32.2. The minimum atomic E-state index is -4.08. The smallest absolute Gasteiger partial charge is 0.187 e. The third-order valence-electron chi connectivity index (χ3n) is 5.31. The minimum Gasteiger partial charge on any atom is -0.494 e. The largest absolute Gasteiger partial charge is 0.494 e. The Hall–Kier alpha value is -2.52. The van der Waals surface area contributed by atoms with E-state index in [9.17, 15) is 17.2 Å². The van der Waals surface area contributed by atoms with Gasteiger partial charge in [0.15, 0.2) is 15.0 Å². The van der Waals surface area contributed by atoms with Gasteiger partial charge < -0.3 is 9.64 Å². The van der Waals surface area contributed by atoms with Crippen LogP contribution in [-0.2, 0) is 9.84 Å². The average molecular weight is 465 g/mol. The van der Waals surface area contributed by atoms with Gasteiger partial charge in [0.1, 0.15) is 22.3 Å². The maximum Gasteiger partial charge on any atom is 0.187 e. The summed E-state index contributed by atoms with van der Waals surface area (Å²) in [6, 6.07) is 10.8. The van der Waals surface area contributed by atoms with Crippen molar-refractivity contribution >= 4 is 26.3 Å². The summed E-state index contributed by atoms with van der Waals surface area (Å²) in [5.74, 6) is -1.28. The van der Waals surface area contributed by atoms with Crippen molar-refractivity contribution in [1.82, 2.24) is 4.98 Å². The van der Waals surface area contributed by atoms with E-state index in [1.54, 1.807) is 0 Å². The lowest BCUT2D eigenvalue weighted by molar-refractivity contribution is 0.340. The number of aromatic nitrogens is 1. The van der Waals surface area contributed by atoms with Gasteiger partial charge in [0.2, 0.25) is 0 Å². The molecule has 1 fully saturated rings. The lowest BCUT2D eigenvalue weighted by atomic mass is 10.1. The summed E-state index contributed by atoms with van der Waals surface area (Å²) in [5, 5.41) is 1.94. The number of nitrogens with zero attached hydrogens (tertiary/aromatic N) is 2. The Morgan fingerprint density at radius 1 is 1.10 bits per heavy atom. The van der Waals surface area contributed by atoms with Crippen LogP contribution in [0.5, 0.6) is 5.75 Å². The third-order valence-corrected chi connectivity index (χ3v) is 8.52. The zero-order chi connectivity index (χ0) is 22.0. The van der Waals surface area contributed by atoms with Crippen LogP contribution in [0.1, 0.15) is 19.8 Å². The van der Waals surface area contributed by atoms with Crippen LogP contribution in [0.15, 0.2) is 52.7 Å². The second-order valence-corrected chi connectivity index (χ2v) is 10.3. The van der Waals surface area contributed by atoms with Crippen molar-refractivity contribution < 1.29 is 21.9 Å². The fraction of sp³-hybridized carbons (Fsp3) is 0.318. The van der Waals surface area contributed by atoms with Crippen molar-refractivity contribution in [3.05, 3.63) is 59.5 Å². The van der Waals surface area contributed by atoms with E-state index in [0.717, 1.165) is 40.3 Å². The molecule has 0 aliphatic carbocycles. The van der Waals surface area contributed by atoms with Crippen LogP contribution in [0.3, 0.4) is 0 Å². The molecule has 0 unspecified atom stereocenters. The molecule has 31 heavy (non-hydrogen) atoms. The number of rotatable bonds is 6. The van der Waals surface area contributed by atoms with Gasteiger partial charge in [0.05, 0.1) is 17.6 Å². The van der Waals surface area contributed by atoms with E-state index in [1.807, 2.05) is 41.5 Å². The summed E-state index contributed by atoms with van der Waals surface area (Å²) in [7, 11) is -4.08.